The number of nitrogen functional groups attached to an aromatic ring is 1. The van der Waals surface area contributed by atoms with E-state index in [1.54, 1.807) is 18.1 Å². The van der Waals surface area contributed by atoms with E-state index in [1.165, 1.54) is 0 Å². The highest BCUT2D eigenvalue weighted by atomic mass is 16.5. The molecule has 0 aliphatic heterocycles. The summed E-state index contributed by atoms with van der Waals surface area (Å²) in [4.78, 5) is 10.2. The van der Waals surface area contributed by atoms with Gasteiger partial charge < -0.3 is 25.2 Å². The van der Waals surface area contributed by atoms with E-state index in [-0.39, 0.29) is 6.61 Å². The minimum absolute atomic E-state index is 0.275. The highest BCUT2D eigenvalue weighted by molar-refractivity contribution is 5.46. The molecule has 19 heavy (non-hydrogen) atoms. The summed E-state index contributed by atoms with van der Waals surface area (Å²) in [5, 5.41) is 9.69. The number of rotatable bonds is 8. The second-order valence-corrected chi connectivity index (χ2v) is 4.19. The second-order valence-electron chi connectivity index (χ2n) is 4.19. The van der Waals surface area contributed by atoms with E-state index in [2.05, 4.69) is 9.97 Å². The lowest BCUT2D eigenvalue weighted by Crippen LogP contribution is -2.32. The topological polar surface area (TPSA) is 93.7 Å². The van der Waals surface area contributed by atoms with Crippen molar-refractivity contribution in [2.24, 2.45) is 0 Å². The zero-order valence-corrected chi connectivity index (χ0v) is 11.7. The van der Waals surface area contributed by atoms with Crippen LogP contribution in [0.3, 0.4) is 0 Å². The van der Waals surface area contributed by atoms with Gasteiger partial charge in [-0.25, -0.2) is 9.97 Å². The lowest BCUT2D eigenvalue weighted by atomic mass is 10.3. The molecule has 0 saturated heterocycles. The number of aromatic nitrogens is 2. The molecule has 0 aromatic carbocycles. The molecule has 1 rings (SSSR count). The van der Waals surface area contributed by atoms with Crippen molar-refractivity contribution >= 4 is 11.6 Å². The van der Waals surface area contributed by atoms with Gasteiger partial charge in [0.05, 0.1) is 12.7 Å². The van der Waals surface area contributed by atoms with Crippen LogP contribution < -0.4 is 10.6 Å². The van der Waals surface area contributed by atoms with Gasteiger partial charge in [-0.3, -0.25) is 0 Å². The Bertz CT molecular complexity index is 389. The Balaban J connectivity index is 2.72. The van der Waals surface area contributed by atoms with Crippen LogP contribution in [0.2, 0.25) is 0 Å². The Morgan fingerprint density at radius 1 is 1.47 bits per heavy atom. The molecule has 1 heterocycles. The van der Waals surface area contributed by atoms with Crippen LogP contribution in [0.5, 0.6) is 0 Å². The van der Waals surface area contributed by atoms with E-state index < -0.39 is 6.10 Å². The van der Waals surface area contributed by atoms with Gasteiger partial charge >= 0.3 is 0 Å². The van der Waals surface area contributed by atoms with Crippen molar-refractivity contribution in [3.63, 3.8) is 0 Å². The third-order valence-corrected chi connectivity index (χ3v) is 2.45. The van der Waals surface area contributed by atoms with E-state index in [9.17, 15) is 5.11 Å². The number of methoxy groups -OCH3 is 1. The van der Waals surface area contributed by atoms with E-state index in [1.807, 2.05) is 14.0 Å². The molecular formula is C12H22N4O3. The summed E-state index contributed by atoms with van der Waals surface area (Å²) in [7, 11) is 3.37. The molecule has 0 aliphatic rings. The monoisotopic (exact) mass is 270 g/mol. The lowest BCUT2D eigenvalue weighted by Gasteiger charge is -2.22. The average Bonchev–Trinajstić information content (AvgIpc) is 2.36. The van der Waals surface area contributed by atoms with Gasteiger partial charge in [0.2, 0.25) is 0 Å². The van der Waals surface area contributed by atoms with Crippen LogP contribution >= 0.6 is 0 Å². The fraction of sp³-hybridized carbons (Fsp3) is 0.667. The number of aliphatic hydroxyl groups is 1. The molecule has 0 aliphatic carbocycles. The molecule has 3 N–H and O–H groups in total. The summed E-state index contributed by atoms with van der Waals surface area (Å²) in [5.74, 6) is 1.56. The highest BCUT2D eigenvalue weighted by Gasteiger charge is 2.11. The molecule has 1 unspecified atom stereocenters. The van der Waals surface area contributed by atoms with Crippen molar-refractivity contribution < 1.29 is 14.6 Å². The summed E-state index contributed by atoms with van der Waals surface area (Å²) in [5.41, 5.74) is 5.74. The number of nitrogens with zero attached hydrogens (tertiary/aromatic N) is 3. The van der Waals surface area contributed by atoms with E-state index in [0.29, 0.717) is 37.2 Å². The fourth-order valence-corrected chi connectivity index (χ4v) is 1.61. The van der Waals surface area contributed by atoms with Crippen molar-refractivity contribution in [1.82, 2.24) is 9.97 Å². The number of aliphatic hydroxyl groups excluding tert-OH is 1. The number of nitrogens with two attached hydrogens (primary N) is 1. The lowest BCUT2D eigenvalue weighted by molar-refractivity contribution is 0.0694. The molecule has 7 nitrogen and oxygen atoms in total. The predicted molar refractivity (Wildman–Crippen MR) is 72.9 cm³/mol. The number of ether oxygens (including phenoxy) is 2. The van der Waals surface area contributed by atoms with Crippen molar-refractivity contribution in [2.45, 2.75) is 19.6 Å². The Morgan fingerprint density at radius 2 is 2.21 bits per heavy atom. The maximum absolute atomic E-state index is 9.69. The zero-order valence-electron chi connectivity index (χ0n) is 11.7. The molecule has 1 atom stereocenters. The standard InChI is InChI=1S/C12H22N4O3/c1-4-19-8-11-14-10(13)5-12(15-11)16(2)6-9(17)7-18-3/h5,9,17H,4,6-8H2,1-3H3,(H2,13,14,15). The van der Waals surface area contributed by atoms with Crippen LogP contribution in [0.1, 0.15) is 12.7 Å². The van der Waals surface area contributed by atoms with Gasteiger partial charge in [-0.05, 0) is 6.92 Å². The minimum Gasteiger partial charge on any atom is -0.389 e. The predicted octanol–water partition coefficient (Wildman–Crippen LogP) is 0.0388. The summed E-state index contributed by atoms with van der Waals surface area (Å²) in [6.45, 7) is 3.49. The van der Waals surface area contributed by atoms with Crippen LogP contribution in [0.25, 0.3) is 0 Å². The van der Waals surface area contributed by atoms with Gasteiger partial charge in [0.1, 0.15) is 18.2 Å². The first-order valence-electron chi connectivity index (χ1n) is 6.16. The Kier molecular flexibility index (Phi) is 6.48. The largest absolute Gasteiger partial charge is 0.389 e. The highest BCUT2D eigenvalue weighted by Crippen LogP contribution is 2.13. The molecule has 0 fully saturated rings. The van der Waals surface area contributed by atoms with Crippen LogP contribution in [-0.4, -0.2) is 55.1 Å². The molecule has 0 bridgehead atoms. The van der Waals surface area contributed by atoms with Crippen LogP contribution in [-0.2, 0) is 16.1 Å². The number of hydrogen-bond donors (Lipinski definition) is 2. The molecule has 0 spiro atoms. The maximum Gasteiger partial charge on any atom is 0.158 e. The minimum atomic E-state index is -0.582. The fourth-order valence-electron chi connectivity index (χ4n) is 1.61. The van der Waals surface area contributed by atoms with Crippen molar-refractivity contribution in [2.75, 3.05) is 44.5 Å². The van der Waals surface area contributed by atoms with Crippen molar-refractivity contribution in [3.05, 3.63) is 11.9 Å². The van der Waals surface area contributed by atoms with Gasteiger partial charge in [0.15, 0.2) is 5.82 Å². The van der Waals surface area contributed by atoms with Crippen molar-refractivity contribution in [1.29, 1.82) is 0 Å². The Hall–Kier alpha value is -1.44. The first-order valence-corrected chi connectivity index (χ1v) is 6.16. The van der Waals surface area contributed by atoms with Gasteiger partial charge in [0.25, 0.3) is 0 Å². The maximum atomic E-state index is 9.69. The number of hydrogen-bond acceptors (Lipinski definition) is 7. The van der Waals surface area contributed by atoms with Gasteiger partial charge in [-0.2, -0.15) is 0 Å². The van der Waals surface area contributed by atoms with Crippen molar-refractivity contribution in [3.8, 4) is 0 Å². The molecule has 0 saturated carbocycles. The third-order valence-electron chi connectivity index (χ3n) is 2.45. The third kappa shape index (κ3) is 5.37. The smallest absolute Gasteiger partial charge is 0.158 e. The first-order chi connectivity index (χ1) is 9.06. The summed E-state index contributed by atoms with van der Waals surface area (Å²) >= 11 is 0. The van der Waals surface area contributed by atoms with Gasteiger partial charge in [0, 0.05) is 33.4 Å². The molecule has 7 heteroatoms. The zero-order chi connectivity index (χ0) is 14.3. The second kappa shape index (κ2) is 7.88. The van der Waals surface area contributed by atoms with Crippen LogP contribution in [0.15, 0.2) is 6.07 Å². The molecule has 0 amide bonds. The molecule has 108 valence electrons. The first kappa shape index (κ1) is 15.6. The summed E-state index contributed by atoms with van der Waals surface area (Å²) < 4.78 is 10.1. The van der Waals surface area contributed by atoms with Gasteiger partial charge in [-0.15, -0.1) is 0 Å². The Morgan fingerprint density at radius 3 is 2.84 bits per heavy atom. The average molecular weight is 270 g/mol. The van der Waals surface area contributed by atoms with E-state index in [4.69, 9.17) is 15.2 Å². The van der Waals surface area contributed by atoms with Crippen LogP contribution in [0, 0.1) is 0 Å². The number of anilines is 2. The van der Waals surface area contributed by atoms with E-state index in [0.717, 1.165) is 0 Å². The molecular weight excluding hydrogens is 248 g/mol. The summed E-state index contributed by atoms with van der Waals surface area (Å²) in [6.07, 6.45) is -0.582. The molecule has 0 radical (unpaired) electrons. The molecule has 1 aromatic heterocycles. The number of likely N-dealkylation sites (N-methyl/N-ethyl adjacent to an activating group) is 1. The Labute approximate surface area is 113 Å². The summed E-state index contributed by atoms with van der Waals surface area (Å²) in [6, 6.07) is 1.66. The quantitative estimate of drug-likeness (QED) is 0.688. The normalized spacial score (nSPS) is 12.4. The molecule has 1 aromatic rings. The van der Waals surface area contributed by atoms with Crippen LogP contribution in [0.4, 0.5) is 11.6 Å². The van der Waals surface area contributed by atoms with Gasteiger partial charge in [-0.1, -0.05) is 0 Å². The SMILES string of the molecule is CCOCc1nc(N)cc(N(C)CC(O)COC)n1. The van der Waals surface area contributed by atoms with E-state index >= 15 is 0 Å².